The van der Waals surface area contributed by atoms with Crippen LogP contribution >= 0.6 is 0 Å². The van der Waals surface area contributed by atoms with Crippen molar-refractivity contribution in [2.45, 2.75) is 5.41 Å². The van der Waals surface area contributed by atoms with E-state index < -0.39 is 5.41 Å². The van der Waals surface area contributed by atoms with Crippen LogP contribution in [0.25, 0.3) is 95.0 Å². The van der Waals surface area contributed by atoms with Gasteiger partial charge in [0, 0.05) is 27.5 Å². The maximum atomic E-state index is 5.51. The number of benzene rings is 9. The summed E-state index contributed by atoms with van der Waals surface area (Å²) in [6.45, 7) is 0. The summed E-state index contributed by atoms with van der Waals surface area (Å²) in [4.78, 5) is 16.2. The molecule has 2 aromatic heterocycles. The van der Waals surface area contributed by atoms with Crippen LogP contribution in [0.4, 0.5) is 0 Å². The maximum absolute atomic E-state index is 5.51. The molecule has 4 heteroatoms. The summed E-state index contributed by atoms with van der Waals surface area (Å²) in [5.74, 6) is 1.81. The molecule has 0 radical (unpaired) electrons. The van der Waals surface area contributed by atoms with Crippen molar-refractivity contribution < 1.29 is 0 Å². The van der Waals surface area contributed by atoms with Gasteiger partial charge in [0.05, 0.1) is 16.4 Å². The molecule has 1 spiro atoms. The number of para-hydroxylation sites is 1. The number of hydrogen-bond acceptors (Lipinski definition) is 3. The topological polar surface area (TPSA) is 43.6 Å². The molecular formula is C58H36N4. The van der Waals surface area contributed by atoms with E-state index in [9.17, 15) is 0 Å². The third kappa shape index (κ3) is 4.92. The van der Waals surface area contributed by atoms with Crippen LogP contribution in [0.5, 0.6) is 0 Å². The first-order chi connectivity index (χ1) is 30.8. The lowest BCUT2D eigenvalue weighted by Gasteiger charge is -2.30. The third-order valence-corrected chi connectivity index (χ3v) is 13.1. The maximum Gasteiger partial charge on any atom is 0.238 e. The van der Waals surface area contributed by atoms with E-state index in [1.807, 2.05) is 18.2 Å². The quantitative estimate of drug-likeness (QED) is 0.174. The molecule has 2 aliphatic rings. The second-order valence-electron chi connectivity index (χ2n) is 16.3. The van der Waals surface area contributed by atoms with Gasteiger partial charge in [-0.25, -0.2) is 4.98 Å². The van der Waals surface area contributed by atoms with Crippen molar-refractivity contribution in [3.63, 3.8) is 0 Å². The average molecular weight is 789 g/mol. The zero-order chi connectivity index (χ0) is 40.8. The van der Waals surface area contributed by atoms with Gasteiger partial charge in [-0.15, -0.1) is 0 Å². The van der Waals surface area contributed by atoms with Gasteiger partial charge < -0.3 is 0 Å². The minimum atomic E-state index is -0.485. The summed E-state index contributed by atoms with van der Waals surface area (Å²) in [6, 6.07) is 78.5. The van der Waals surface area contributed by atoms with Gasteiger partial charge in [-0.2, -0.15) is 9.97 Å². The highest BCUT2D eigenvalue weighted by Crippen LogP contribution is 2.63. The van der Waals surface area contributed by atoms with Crippen molar-refractivity contribution in [2.75, 3.05) is 0 Å². The molecule has 0 saturated carbocycles. The molecule has 0 bridgehead atoms. The Balaban J connectivity index is 1.10. The van der Waals surface area contributed by atoms with E-state index in [0.29, 0.717) is 17.6 Å². The fourth-order valence-corrected chi connectivity index (χ4v) is 10.5. The number of aromatic nitrogens is 4. The first-order valence-electron chi connectivity index (χ1n) is 21.2. The van der Waals surface area contributed by atoms with Crippen LogP contribution in [0.15, 0.2) is 218 Å². The Labute approximate surface area is 359 Å². The van der Waals surface area contributed by atoms with Crippen molar-refractivity contribution in [1.29, 1.82) is 0 Å². The number of rotatable bonds is 5. The first kappa shape index (κ1) is 34.6. The molecule has 9 aromatic carbocycles. The fourth-order valence-electron chi connectivity index (χ4n) is 10.5. The van der Waals surface area contributed by atoms with Crippen molar-refractivity contribution >= 4 is 21.8 Å². The molecule has 62 heavy (non-hydrogen) atoms. The summed E-state index contributed by atoms with van der Waals surface area (Å²) >= 11 is 0. The molecule has 0 fully saturated rings. The highest BCUT2D eigenvalue weighted by atomic mass is 15.2. The highest BCUT2D eigenvalue weighted by Gasteiger charge is 2.51. The molecule has 4 nitrogen and oxygen atoms in total. The predicted molar refractivity (Wildman–Crippen MR) is 252 cm³/mol. The van der Waals surface area contributed by atoms with Crippen molar-refractivity contribution in [2.24, 2.45) is 0 Å². The van der Waals surface area contributed by atoms with Gasteiger partial charge in [-0.1, -0.05) is 194 Å². The Bertz CT molecular complexity index is 3510. The van der Waals surface area contributed by atoms with Crippen molar-refractivity contribution in [3.8, 4) is 73.2 Å². The molecule has 0 saturated heterocycles. The van der Waals surface area contributed by atoms with Gasteiger partial charge >= 0.3 is 0 Å². The Kier molecular flexibility index (Phi) is 7.49. The van der Waals surface area contributed by atoms with E-state index in [-0.39, 0.29) is 0 Å². The molecule has 0 unspecified atom stereocenters. The van der Waals surface area contributed by atoms with Crippen LogP contribution < -0.4 is 0 Å². The zero-order valence-electron chi connectivity index (χ0n) is 33.6. The lowest BCUT2D eigenvalue weighted by Crippen LogP contribution is -2.25. The lowest BCUT2D eigenvalue weighted by atomic mass is 9.70. The first-order valence-corrected chi connectivity index (χ1v) is 21.2. The van der Waals surface area contributed by atoms with Crippen LogP contribution in [0.1, 0.15) is 22.3 Å². The second-order valence-corrected chi connectivity index (χ2v) is 16.3. The molecule has 2 heterocycles. The lowest BCUT2D eigenvalue weighted by molar-refractivity contribution is 0.793. The minimum Gasteiger partial charge on any atom is -0.277 e. The summed E-state index contributed by atoms with van der Waals surface area (Å²) in [5.41, 5.74) is 18.2. The Morgan fingerprint density at radius 2 is 0.806 bits per heavy atom. The number of fused-ring (bicyclic) bond motifs is 13. The molecule has 0 aliphatic heterocycles. The van der Waals surface area contributed by atoms with E-state index in [1.165, 1.54) is 50.1 Å². The summed E-state index contributed by atoms with van der Waals surface area (Å²) < 4.78 is 2.26. The van der Waals surface area contributed by atoms with Gasteiger partial charge in [0.25, 0.3) is 0 Å². The van der Waals surface area contributed by atoms with E-state index >= 15 is 0 Å². The molecule has 11 aromatic rings. The van der Waals surface area contributed by atoms with E-state index in [4.69, 9.17) is 15.0 Å². The van der Waals surface area contributed by atoms with E-state index in [2.05, 4.69) is 205 Å². The van der Waals surface area contributed by atoms with Gasteiger partial charge in [-0.3, -0.25) is 4.57 Å². The van der Waals surface area contributed by atoms with Crippen LogP contribution in [0, 0.1) is 0 Å². The Morgan fingerprint density at radius 3 is 1.44 bits per heavy atom. The van der Waals surface area contributed by atoms with Crippen LogP contribution in [-0.2, 0) is 5.41 Å². The molecular weight excluding hydrogens is 753 g/mol. The largest absolute Gasteiger partial charge is 0.277 e. The third-order valence-electron chi connectivity index (χ3n) is 13.1. The van der Waals surface area contributed by atoms with Gasteiger partial charge in [0.1, 0.15) is 0 Å². The predicted octanol–water partition coefficient (Wildman–Crippen LogP) is 14.0. The smallest absolute Gasteiger partial charge is 0.238 e. The molecule has 0 amide bonds. The Hall–Kier alpha value is -8.21. The summed E-state index contributed by atoms with van der Waals surface area (Å²) in [6.07, 6.45) is 0. The SMILES string of the molecule is c1ccc(-c2cc(-c3ccccc3)c3c(c2)c2ccccc2n3-c2nc(-c3ccccc3)nc(-c3ccc4c(c3)C3(c5ccccc5-c5ccccc53)c3ccccc3-4)n2)cc1. The van der Waals surface area contributed by atoms with Crippen LogP contribution in [0.2, 0.25) is 0 Å². The molecule has 13 rings (SSSR count). The normalized spacial score (nSPS) is 13.0. The summed E-state index contributed by atoms with van der Waals surface area (Å²) in [5, 5.41) is 2.27. The van der Waals surface area contributed by atoms with Crippen molar-refractivity contribution in [1.82, 2.24) is 19.5 Å². The number of nitrogens with zero attached hydrogens (tertiary/aromatic N) is 4. The summed E-state index contributed by atoms with van der Waals surface area (Å²) in [7, 11) is 0. The van der Waals surface area contributed by atoms with Crippen molar-refractivity contribution in [3.05, 3.63) is 241 Å². The molecule has 288 valence electrons. The van der Waals surface area contributed by atoms with Gasteiger partial charge in [-0.05, 0) is 85.5 Å². The van der Waals surface area contributed by atoms with E-state index in [0.717, 1.165) is 49.6 Å². The average Bonchev–Trinajstić information content (AvgIpc) is 3.96. The molecule has 2 aliphatic carbocycles. The number of hydrogen-bond donors (Lipinski definition) is 0. The second kappa shape index (κ2) is 13.4. The molecule has 0 atom stereocenters. The van der Waals surface area contributed by atoms with Gasteiger partial charge in [0.2, 0.25) is 5.95 Å². The minimum absolute atomic E-state index is 0.485. The zero-order valence-corrected chi connectivity index (χ0v) is 33.6. The Morgan fingerprint density at radius 1 is 0.306 bits per heavy atom. The highest BCUT2D eigenvalue weighted by molar-refractivity contribution is 6.15. The van der Waals surface area contributed by atoms with E-state index in [1.54, 1.807) is 0 Å². The standard InChI is InChI=1S/C58H36N4/c1-4-18-37(19-5-1)41-34-47(38-20-6-2-7-21-38)54-48(35-41)46-27-13-17-31-53(46)62(54)57-60-55(39-22-8-3-9-23-39)59-56(61-57)40-32-33-45-44-26-12-16-30-51(44)58(52(45)36-40)49-28-14-10-24-42(49)43-25-11-15-29-50(43)58/h1-36H. The monoisotopic (exact) mass is 788 g/mol. The van der Waals surface area contributed by atoms with Crippen LogP contribution in [0.3, 0.4) is 0 Å². The molecule has 0 N–H and O–H groups in total. The van der Waals surface area contributed by atoms with Crippen LogP contribution in [-0.4, -0.2) is 19.5 Å². The fraction of sp³-hybridized carbons (Fsp3) is 0.0172. The van der Waals surface area contributed by atoms with Gasteiger partial charge in [0.15, 0.2) is 11.6 Å².